The zero-order valence-corrected chi connectivity index (χ0v) is 9.25. The van der Waals surface area contributed by atoms with E-state index in [1.165, 1.54) is 18.4 Å². The van der Waals surface area contributed by atoms with Crippen LogP contribution in [0, 0.1) is 5.92 Å². The number of nitrogens with one attached hydrogen (secondary N) is 2. The third-order valence-electron chi connectivity index (χ3n) is 3.33. The second kappa shape index (κ2) is 3.81. The summed E-state index contributed by atoms with van der Waals surface area (Å²) in [4.78, 5) is 11.8. The first-order valence-corrected chi connectivity index (χ1v) is 5.98. The SMILES string of the molecule is O=C(NCC1CC1)c1ccc2c(c1)NCC2. The lowest BCUT2D eigenvalue weighted by atomic mass is 10.1. The third-order valence-corrected chi connectivity index (χ3v) is 3.33. The zero-order chi connectivity index (χ0) is 11.0. The maximum absolute atomic E-state index is 11.8. The molecule has 1 aromatic carbocycles. The number of fused-ring (bicyclic) bond motifs is 1. The molecule has 2 aliphatic rings. The van der Waals surface area contributed by atoms with E-state index in [4.69, 9.17) is 0 Å². The molecule has 1 aliphatic heterocycles. The molecule has 2 N–H and O–H groups in total. The van der Waals surface area contributed by atoms with Crippen molar-refractivity contribution in [2.45, 2.75) is 19.3 Å². The molecule has 1 amide bonds. The van der Waals surface area contributed by atoms with E-state index in [1.807, 2.05) is 12.1 Å². The van der Waals surface area contributed by atoms with Gasteiger partial charge in [0, 0.05) is 24.3 Å². The number of hydrogen-bond acceptors (Lipinski definition) is 2. The highest BCUT2D eigenvalue weighted by Crippen LogP contribution is 2.28. The number of benzene rings is 1. The van der Waals surface area contributed by atoms with Crippen molar-refractivity contribution in [1.82, 2.24) is 5.32 Å². The van der Waals surface area contributed by atoms with Gasteiger partial charge in [-0.25, -0.2) is 0 Å². The standard InChI is InChI=1S/C13H16N2O/c16-13(15-8-9-1-2-9)11-4-3-10-5-6-14-12(10)7-11/h3-4,7,9,14H,1-2,5-6,8H2,(H,15,16). The fourth-order valence-corrected chi connectivity index (χ4v) is 2.09. The van der Waals surface area contributed by atoms with Gasteiger partial charge >= 0.3 is 0 Å². The van der Waals surface area contributed by atoms with Crippen molar-refractivity contribution in [2.75, 3.05) is 18.4 Å². The summed E-state index contributed by atoms with van der Waals surface area (Å²) in [5.74, 6) is 0.792. The summed E-state index contributed by atoms with van der Waals surface area (Å²) in [7, 11) is 0. The quantitative estimate of drug-likeness (QED) is 0.808. The van der Waals surface area contributed by atoms with Gasteiger partial charge in [0.1, 0.15) is 0 Å². The molecule has 0 bridgehead atoms. The topological polar surface area (TPSA) is 41.1 Å². The van der Waals surface area contributed by atoms with Gasteiger partial charge in [0.2, 0.25) is 0 Å². The smallest absolute Gasteiger partial charge is 0.251 e. The highest BCUT2D eigenvalue weighted by Gasteiger charge is 2.22. The van der Waals surface area contributed by atoms with Gasteiger partial charge in [-0.05, 0) is 42.9 Å². The summed E-state index contributed by atoms with van der Waals surface area (Å²) in [6.07, 6.45) is 3.61. The predicted octanol–water partition coefficient (Wildman–Crippen LogP) is 1.79. The first-order chi connectivity index (χ1) is 7.83. The third kappa shape index (κ3) is 1.90. The van der Waals surface area contributed by atoms with Crippen molar-refractivity contribution in [3.63, 3.8) is 0 Å². The van der Waals surface area contributed by atoms with Gasteiger partial charge in [-0.3, -0.25) is 4.79 Å². The Morgan fingerprint density at radius 3 is 3.12 bits per heavy atom. The van der Waals surface area contributed by atoms with Crippen LogP contribution >= 0.6 is 0 Å². The van der Waals surface area contributed by atoms with Crippen LogP contribution in [0.1, 0.15) is 28.8 Å². The Morgan fingerprint density at radius 2 is 2.31 bits per heavy atom. The maximum atomic E-state index is 11.8. The summed E-state index contributed by atoms with van der Waals surface area (Å²) < 4.78 is 0. The summed E-state index contributed by atoms with van der Waals surface area (Å²) >= 11 is 0. The normalized spacial score (nSPS) is 17.8. The van der Waals surface area contributed by atoms with Crippen LogP contribution in [-0.4, -0.2) is 19.0 Å². The van der Waals surface area contributed by atoms with E-state index in [1.54, 1.807) is 0 Å². The zero-order valence-electron chi connectivity index (χ0n) is 9.25. The Morgan fingerprint density at radius 1 is 1.44 bits per heavy atom. The fraction of sp³-hybridized carbons (Fsp3) is 0.462. The van der Waals surface area contributed by atoms with Gasteiger partial charge in [-0.15, -0.1) is 0 Å². The highest BCUT2D eigenvalue weighted by molar-refractivity contribution is 5.95. The lowest BCUT2D eigenvalue weighted by Gasteiger charge is -2.06. The molecule has 3 nitrogen and oxygen atoms in total. The molecular formula is C13H16N2O. The lowest BCUT2D eigenvalue weighted by molar-refractivity contribution is 0.0952. The number of carbonyl (C=O) groups excluding carboxylic acids is 1. The Labute approximate surface area is 95.2 Å². The molecule has 1 saturated carbocycles. The van der Waals surface area contributed by atoms with Gasteiger partial charge in [0.15, 0.2) is 0 Å². The molecule has 16 heavy (non-hydrogen) atoms. The number of hydrogen-bond donors (Lipinski definition) is 2. The van der Waals surface area contributed by atoms with Gasteiger partial charge in [0.25, 0.3) is 5.91 Å². The van der Waals surface area contributed by atoms with E-state index < -0.39 is 0 Å². The molecule has 0 atom stereocenters. The molecule has 0 aromatic heterocycles. The van der Waals surface area contributed by atoms with Gasteiger partial charge in [-0.1, -0.05) is 6.07 Å². The molecular weight excluding hydrogens is 200 g/mol. The second-order valence-corrected chi connectivity index (χ2v) is 4.70. The second-order valence-electron chi connectivity index (χ2n) is 4.70. The summed E-state index contributed by atoms with van der Waals surface area (Å²) in [5.41, 5.74) is 3.21. The monoisotopic (exact) mass is 216 g/mol. The highest BCUT2D eigenvalue weighted by atomic mass is 16.1. The van der Waals surface area contributed by atoms with Gasteiger partial charge in [-0.2, -0.15) is 0 Å². The van der Waals surface area contributed by atoms with Crippen LogP contribution in [0.2, 0.25) is 0 Å². The molecule has 1 fully saturated rings. The molecule has 1 aromatic rings. The van der Waals surface area contributed by atoms with E-state index in [0.29, 0.717) is 0 Å². The van der Waals surface area contributed by atoms with Crippen LogP contribution in [0.5, 0.6) is 0 Å². The van der Waals surface area contributed by atoms with E-state index in [2.05, 4.69) is 16.7 Å². The first kappa shape index (κ1) is 9.70. The van der Waals surface area contributed by atoms with E-state index in [0.717, 1.165) is 36.7 Å². The molecule has 0 radical (unpaired) electrons. The van der Waals surface area contributed by atoms with Crippen LogP contribution in [0.15, 0.2) is 18.2 Å². The molecule has 84 valence electrons. The predicted molar refractivity (Wildman–Crippen MR) is 63.7 cm³/mol. The fourth-order valence-electron chi connectivity index (χ4n) is 2.09. The molecule has 0 spiro atoms. The van der Waals surface area contributed by atoms with Crippen molar-refractivity contribution in [2.24, 2.45) is 5.92 Å². The van der Waals surface area contributed by atoms with Crippen molar-refractivity contribution in [3.05, 3.63) is 29.3 Å². The molecule has 3 rings (SSSR count). The lowest BCUT2D eigenvalue weighted by Crippen LogP contribution is -2.25. The Bertz CT molecular complexity index is 424. The summed E-state index contributed by atoms with van der Waals surface area (Å²) in [5, 5.41) is 6.28. The van der Waals surface area contributed by atoms with Crippen molar-refractivity contribution in [1.29, 1.82) is 0 Å². The van der Waals surface area contributed by atoms with Crippen LogP contribution < -0.4 is 10.6 Å². The first-order valence-electron chi connectivity index (χ1n) is 5.98. The minimum atomic E-state index is 0.0587. The van der Waals surface area contributed by atoms with Crippen molar-refractivity contribution < 1.29 is 4.79 Å². The van der Waals surface area contributed by atoms with E-state index in [9.17, 15) is 4.79 Å². The van der Waals surface area contributed by atoms with Crippen LogP contribution in [-0.2, 0) is 6.42 Å². The van der Waals surface area contributed by atoms with Crippen LogP contribution in [0.3, 0.4) is 0 Å². The number of carbonyl (C=O) groups is 1. The average Bonchev–Trinajstić information content (AvgIpc) is 3.01. The molecule has 3 heteroatoms. The largest absolute Gasteiger partial charge is 0.384 e. The van der Waals surface area contributed by atoms with Crippen LogP contribution in [0.4, 0.5) is 5.69 Å². The Kier molecular flexibility index (Phi) is 2.31. The molecule has 1 heterocycles. The summed E-state index contributed by atoms with van der Waals surface area (Å²) in [6, 6.07) is 5.94. The van der Waals surface area contributed by atoms with Gasteiger partial charge < -0.3 is 10.6 Å². The number of rotatable bonds is 3. The van der Waals surface area contributed by atoms with Crippen LogP contribution in [0.25, 0.3) is 0 Å². The summed E-state index contributed by atoms with van der Waals surface area (Å²) in [6.45, 7) is 1.83. The van der Waals surface area contributed by atoms with Crippen molar-refractivity contribution in [3.8, 4) is 0 Å². The van der Waals surface area contributed by atoms with Crippen molar-refractivity contribution >= 4 is 11.6 Å². The number of anilines is 1. The Hall–Kier alpha value is -1.51. The van der Waals surface area contributed by atoms with E-state index >= 15 is 0 Å². The van der Waals surface area contributed by atoms with E-state index in [-0.39, 0.29) is 5.91 Å². The van der Waals surface area contributed by atoms with Gasteiger partial charge in [0.05, 0.1) is 0 Å². The maximum Gasteiger partial charge on any atom is 0.251 e. The minimum Gasteiger partial charge on any atom is -0.384 e. The molecule has 0 unspecified atom stereocenters. The average molecular weight is 216 g/mol. The Balaban J connectivity index is 1.70. The number of amides is 1. The molecule has 0 saturated heterocycles. The molecule has 1 aliphatic carbocycles. The minimum absolute atomic E-state index is 0.0587.